The summed E-state index contributed by atoms with van der Waals surface area (Å²) in [5, 5.41) is 13.9. The molecule has 2 heterocycles. The molecule has 0 spiro atoms. The van der Waals surface area contributed by atoms with Gasteiger partial charge in [0.1, 0.15) is 0 Å². The van der Waals surface area contributed by atoms with Gasteiger partial charge in [-0.1, -0.05) is 48.8 Å². The van der Waals surface area contributed by atoms with Gasteiger partial charge in [0.25, 0.3) is 0 Å². The minimum absolute atomic E-state index is 0.111. The molecule has 0 radical (unpaired) electrons. The SMILES string of the molecule is CCCCc1noc(CN2C(CO)CSCC2c2ccccc2)n1. The van der Waals surface area contributed by atoms with Crippen molar-refractivity contribution in [2.24, 2.45) is 0 Å². The van der Waals surface area contributed by atoms with E-state index in [1.165, 1.54) is 5.56 Å². The maximum atomic E-state index is 9.80. The van der Waals surface area contributed by atoms with E-state index in [4.69, 9.17) is 4.52 Å². The van der Waals surface area contributed by atoms with Gasteiger partial charge < -0.3 is 9.63 Å². The number of nitrogens with zero attached hydrogens (tertiary/aromatic N) is 3. The average molecular weight is 347 g/mol. The molecule has 0 saturated carbocycles. The molecule has 1 aromatic heterocycles. The molecule has 1 fully saturated rings. The van der Waals surface area contributed by atoms with Crippen LogP contribution in [0.15, 0.2) is 34.9 Å². The van der Waals surface area contributed by atoms with Crippen LogP contribution in [0.5, 0.6) is 0 Å². The zero-order chi connectivity index (χ0) is 16.8. The molecule has 5 nitrogen and oxygen atoms in total. The molecule has 24 heavy (non-hydrogen) atoms. The Morgan fingerprint density at radius 3 is 2.88 bits per heavy atom. The number of benzene rings is 1. The minimum Gasteiger partial charge on any atom is -0.395 e. The van der Waals surface area contributed by atoms with E-state index in [-0.39, 0.29) is 18.7 Å². The predicted octanol–water partition coefficient (Wildman–Crippen LogP) is 3.06. The maximum absolute atomic E-state index is 9.80. The highest BCUT2D eigenvalue weighted by Gasteiger charge is 2.32. The molecule has 1 saturated heterocycles. The molecule has 2 aromatic rings. The first-order valence-corrected chi connectivity index (χ1v) is 9.78. The highest BCUT2D eigenvalue weighted by Crippen LogP contribution is 2.33. The Labute approximate surface area is 147 Å². The Kier molecular flexibility index (Phi) is 6.29. The predicted molar refractivity (Wildman–Crippen MR) is 95.8 cm³/mol. The summed E-state index contributed by atoms with van der Waals surface area (Å²) in [4.78, 5) is 6.84. The Morgan fingerprint density at radius 1 is 1.29 bits per heavy atom. The molecule has 0 amide bonds. The lowest BCUT2D eigenvalue weighted by Gasteiger charge is -2.40. The van der Waals surface area contributed by atoms with Crippen molar-refractivity contribution in [1.29, 1.82) is 0 Å². The number of aromatic nitrogens is 2. The van der Waals surface area contributed by atoms with Crippen LogP contribution < -0.4 is 0 Å². The fraction of sp³-hybridized carbons (Fsp3) is 0.556. The van der Waals surface area contributed by atoms with Crippen LogP contribution in [-0.2, 0) is 13.0 Å². The number of aryl methyl sites for hydroxylation is 1. The van der Waals surface area contributed by atoms with Gasteiger partial charge in [-0.05, 0) is 12.0 Å². The summed E-state index contributed by atoms with van der Waals surface area (Å²) < 4.78 is 5.45. The van der Waals surface area contributed by atoms with Crippen molar-refractivity contribution in [2.45, 2.75) is 44.8 Å². The highest BCUT2D eigenvalue weighted by atomic mass is 32.2. The van der Waals surface area contributed by atoms with Crippen molar-refractivity contribution < 1.29 is 9.63 Å². The number of rotatable bonds is 7. The summed E-state index contributed by atoms with van der Waals surface area (Å²) in [6.07, 6.45) is 3.06. The number of hydrogen-bond donors (Lipinski definition) is 1. The molecule has 1 aromatic carbocycles. The van der Waals surface area contributed by atoms with Crippen LogP contribution in [0.3, 0.4) is 0 Å². The van der Waals surface area contributed by atoms with Crippen LogP contribution in [0.2, 0.25) is 0 Å². The van der Waals surface area contributed by atoms with Gasteiger partial charge in [0, 0.05) is 30.0 Å². The number of aliphatic hydroxyl groups is 1. The lowest BCUT2D eigenvalue weighted by atomic mass is 10.0. The molecule has 1 N–H and O–H groups in total. The van der Waals surface area contributed by atoms with Gasteiger partial charge in [-0.25, -0.2) is 0 Å². The second-order valence-electron chi connectivity index (χ2n) is 6.18. The van der Waals surface area contributed by atoms with Gasteiger partial charge in [-0.2, -0.15) is 16.7 Å². The molecule has 0 bridgehead atoms. The topological polar surface area (TPSA) is 62.4 Å². The Hall–Kier alpha value is -1.37. The van der Waals surface area contributed by atoms with Gasteiger partial charge in [-0.3, -0.25) is 4.90 Å². The minimum atomic E-state index is 0.111. The van der Waals surface area contributed by atoms with Crippen LogP contribution in [-0.4, -0.2) is 44.3 Å². The van der Waals surface area contributed by atoms with Crippen LogP contribution >= 0.6 is 11.8 Å². The van der Waals surface area contributed by atoms with Crippen LogP contribution in [0.1, 0.15) is 43.1 Å². The third-order valence-electron chi connectivity index (χ3n) is 4.43. The molecule has 2 atom stereocenters. The molecule has 1 aliphatic heterocycles. The van der Waals surface area contributed by atoms with E-state index in [1.54, 1.807) is 0 Å². The van der Waals surface area contributed by atoms with E-state index in [1.807, 2.05) is 17.8 Å². The zero-order valence-electron chi connectivity index (χ0n) is 14.1. The number of aliphatic hydroxyl groups excluding tert-OH is 1. The largest absolute Gasteiger partial charge is 0.395 e. The molecule has 130 valence electrons. The van der Waals surface area contributed by atoms with E-state index in [0.717, 1.165) is 36.6 Å². The van der Waals surface area contributed by atoms with Crippen molar-refractivity contribution in [3.8, 4) is 0 Å². The Balaban J connectivity index is 1.76. The van der Waals surface area contributed by atoms with Crippen molar-refractivity contribution >= 4 is 11.8 Å². The first-order valence-electron chi connectivity index (χ1n) is 8.62. The van der Waals surface area contributed by atoms with E-state index >= 15 is 0 Å². The highest BCUT2D eigenvalue weighted by molar-refractivity contribution is 7.99. The zero-order valence-corrected chi connectivity index (χ0v) is 14.9. The third kappa shape index (κ3) is 4.18. The van der Waals surface area contributed by atoms with Gasteiger partial charge in [0.15, 0.2) is 5.82 Å². The summed E-state index contributed by atoms with van der Waals surface area (Å²) in [7, 11) is 0. The fourth-order valence-electron chi connectivity index (χ4n) is 3.07. The van der Waals surface area contributed by atoms with Crippen LogP contribution in [0, 0.1) is 0 Å². The molecule has 1 aliphatic rings. The van der Waals surface area contributed by atoms with Crippen molar-refractivity contribution in [2.75, 3.05) is 18.1 Å². The first-order chi connectivity index (χ1) is 11.8. The summed E-state index contributed by atoms with van der Waals surface area (Å²) in [5.74, 6) is 3.37. The van der Waals surface area contributed by atoms with Crippen molar-refractivity contribution in [3.05, 3.63) is 47.6 Å². The van der Waals surface area contributed by atoms with E-state index in [2.05, 4.69) is 46.2 Å². The molecular formula is C18H25N3O2S. The monoisotopic (exact) mass is 347 g/mol. The lowest BCUT2D eigenvalue weighted by molar-refractivity contribution is 0.0807. The van der Waals surface area contributed by atoms with Crippen molar-refractivity contribution in [3.63, 3.8) is 0 Å². The summed E-state index contributed by atoms with van der Waals surface area (Å²) in [5.41, 5.74) is 1.27. The van der Waals surface area contributed by atoms with E-state index in [9.17, 15) is 5.11 Å². The van der Waals surface area contributed by atoms with Crippen LogP contribution in [0.4, 0.5) is 0 Å². The molecule has 3 rings (SSSR count). The Bertz CT molecular complexity index is 620. The molecule has 6 heteroatoms. The third-order valence-corrected chi connectivity index (χ3v) is 5.60. The second-order valence-corrected chi connectivity index (χ2v) is 7.26. The smallest absolute Gasteiger partial charge is 0.240 e. The first kappa shape index (κ1) is 17.5. The fourth-order valence-corrected chi connectivity index (χ4v) is 4.38. The summed E-state index contributed by atoms with van der Waals surface area (Å²) >= 11 is 1.89. The molecule has 0 aliphatic carbocycles. The normalized spacial score (nSPS) is 21.9. The van der Waals surface area contributed by atoms with Crippen molar-refractivity contribution in [1.82, 2.24) is 15.0 Å². The molecular weight excluding hydrogens is 322 g/mol. The number of thioether (sulfide) groups is 1. The Morgan fingerprint density at radius 2 is 2.12 bits per heavy atom. The van der Waals surface area contributed by atoms with Gasteiger partial charge in [0.2, 0.25) is 5.89 Å². The average Bonchev–Trinajstić information content (AvgIpc) is 3.08. The van der Waals surface area contributed by atoms with E-state index in [0.29, 0.717) is 12.4 Å². The number of hydrogen-bond acceptors (Lipinski definition) is 6. The van der Waals surface area contributed by atoms with Crippen LogP contribution in [0.25, 0.3) is 0 Å². The second kappa shape index (κ2) is 8.65. The molecule has 2 unspecified atom stereocenters. The van der Waals surface area contributed by atoms with E-state index < -0.39 is 0 Å². The summed E-state index contributed by atoms with van der Waals surface area (Å²) in [6.45, 7) is 2.89. The lowest BCUT2D eigenvalue weighted by Crippen LogP contribution is -2.46. The number of unbranched alkanes of at least 4 members (excludes halogenated alkanes) is 1. The van der Waals surface area contributed by atoms with Gasteiger partial charge in [0.05, 0.1) is 13.2 Å². The summed E-state index contributed by atoms with van der Waals surface area (Å²) in [6, 6.07) is 10.8. The standard InChI is InChI=1S/C18H25N3O2S/c1-2-3-9-17-19-18(23-20-17)10-21-15(11-22)12-24-13-16(21)14-7-5-4-6-8-14/h4-8,15-16,22H,2-3,9-13H2,1H3. The maximum Gasteiger partial charge on any atom is 0.240 e. The van der Waals surface area contributed by atoms with Gasteiger partial charge >= 0.3 is 0 Å². The quantitative estimate of drug-likeness (QED) is 0.830. The van der Waals surface area contributed by atoms with Gasteiger partial charge in [-0.15, -0.1) is 0 Å².